The average molecular weight is 388 g/mol. The Bertz CT molecular complexity index is 943. The summed E-state index contributed by atoms with van der Waals surface area (Å²) in [4.78, 5) is 12.5. The molecule has 0 bridgehead atoms. The summed E-state index contributed by atoms with van der Waals surface area (Å²) in [5.41, 5.74) is 1.40. The van der Waals surface area contributed by atoms with Gasteiger partial charge in [0.15, 0.2) is 0 Å². The van der Waals surface area contributed by atoms with Gasteiger partial charge in [-0.25, -0.2) is 13.1 Å². The molecule has 0 radical (unpaired) electrons. The van der Waals surface area contributed by atoms with Crippen LogP contribution in [0, 0.1) is 0 Å². The summed E-state index contributed by atoms with van der Waals surface area (Å²) in [5, 5.41) is 12.7. The SMILES string of the molecule is C=CCNS(=O)(=O)c1ccc(C(=O)Nc2cc(C(C)(C)C)ccc2O)cc1. The van der Waals surface area contributed by atoms with Gasteiger partial charge in [-0.15, -0.1) is 6.58 Å². The number of sulfonamides is 1. The van der Waals surface area contributed by atoms with Crippen molar-refractivity contribution in [3.63, 3.8) is 0 Å². The number of nitrogens with one attached hydrogen (secondary N) is 2. The van der Waals surface area contributed by atoms with Crippen molar-refractivity contribution in [3.05, 3.63) is 66.2 Å². The highest BCUT2D eigenvalue weighted by molar-refractivity contribution is 7.89. The summed E-state index contributed by atoms with van der Waals surface area (Å²) in [7, 11) is -3.65. The second-order valence-electron chi connectivity index (χ2n) is 7.10. The number of carbonyl (C=O) groups excluding carboxylic acids is 1. The third kappa shape index (κ3) is 5.18. The number of amides is 1. The van der Waals surface area contributed by atoms with Crippen LogP contribution in [0.25, 0.3) is 0 Å². The van der Waals surface area contributed by atoms with E-state index in [1.807, 2.05) is 20.8 Å². The minimum Gasteiger partial charge on any atom is -0.506 e. The lowest BCUT2D eigenvalue weighted by atomic mass is 9.87. The zero-order valence-corrected chi connectivity index (χ0v) is 16.4. The number of carbonyl (C=O) groups is 1. The van der Waals surface area contributed by atoms with Gasteiger partial charge < -0.3 is 10.4 Å². The normalized spacial score (nSPS) is 11.8. The Hall–Kier alpha value is -2.64. The molecule has 0 aliphatic heterocycles. The standard InChI is InChI=1S/C20H24N2O4S/c1-5-12-21-27(25,26)16-9-6-14(7-10-16)19(24)22-17-13-15(20(2,3)4)8-11-18(17)23/h5-11,13,21,23H,1,12H2,2-4H3,(H,22,24). The van der Waals surface area contributed by atoms with Crippen molar-refractivity contribution in [2.24, 2.45) is 0 Å². The number of benzene rings is 2. The minimum atomic E-state index is -3.65. The van der Waals surface area contributed by atoms with E-state index in [0.29, 0.717) is 5.69 Å². The van der Waals surface area contributed by atoms with E-state index < -0.39 is 15.9 Å². The van der Waals surface area contributed by atoms with Gasteiger partial charge in [-0.3, -0.25) is 4.79 Å². The molecular weight excluding hydrogens is 364 g/mol. The third-order valence-corrected chi connectivity index (χ3v) is 5.39. The van der Waals surface area contributed by atoms with Crippen molar-refractivity contribution in [1.82, 2.24) is 4.72 Å². The maximum atomic E-state index is 12.5. The van der Waals surface area contributed by atoms with Crippen molar-refractivity contribution in [3.8, 4) is 5.75 Å². The van der Waals surface area contributed by atoms with Crippen LogP contribution in [0.5, 0.6) is 5.75 Å². The largest absolute Gasteiger partial charge is 0.506 e. The van der Waals surface area contributed by atoms with Gasteiger partial charge in [0.1, 0.15) is 5.75 Å². The van der Waals surface area contributed by atoms with Crippen molar-refractivity contribution in [2.45, 2.75) is 31.1 Å². The summed E-state index contributed by atoms with van der Waals surface area (Å²) in [5.74, 6) is -0.483. The predicted molar refractivity (Wildman–Crippen MR) is 107 cm³/mol. The van der Waals surface area contributed by atoms with E-state index in [2.05, 4.69) is 16.6 Å². The zero-order chi connectivity index (χ0) is 20.2. The Morgan fingerprint density at radius 2 is 1.78 bits per heavy atom. The first-order valence-corrected chi connectivity index (χ1v) is 9.88. The predicted octanol–water partition coefficient (Wildman–Crippen LogP) is 3.41. The number of phenolic OH excluding ortho intramolecular Hbond substituents is 1. The molecule has 6 nitrogen and oxygen atoms in total. The van der Waals surface area contributed by atoms with E-state index in [1.54, 1.807) is 12.1 Å². The van der Waals surface area contributed by atoms with Gasteiger partial charge in [-0.05, 0) is 47.4 Å². The average Bonchev–Trinajstić information content (AvgIpc) is 2.61. The molecule has 0 unspecified atom stereocenters. The highest BCUT2D eigenvalue weighted by atomic mass is 32.2. The Morgan fingerprint density at radius 3 is 2.33 bits per heavy atom. The Kier molecular flexibility index (Phi) is 6.08. The number of phenols is 1. The molecule has 1 amide bonds. The smallest absolute Gasteiger partial charge is 0.255 e. The monoisotopic (exact) mass is 388 g/mol. The van der Waals surface area contributed by atoms with Gasteiger partial charge in [0.25, 0.3) is 5.91 Å². The van der Waals surface area contributed by atoms with Gasteiger partial charge in [0.05, 0.1) is 10.6 Å². The molecule has 0 fully saturated rings. The number of anilines is 1. The molecule has 2 aromatic carbocycles. The molecule has 27 heavy (non-hydrogen) atoms. The summed E-state index contributed by atoms with van der Waals surface area (Å²) < 4.78 is 26.5. The first-order chi connectivity index (χ1) is 12.5. The first-order valence-electron chi connectivity index (χ1n) is 8.40. The van der Waals surface area contributed by atoms with E-state index in [-0.39, 0.29) is 28.2 Å². The molecule has 0 saturated carbocycles. The van der Waals surface area contributed by atoms with Crippen LogP contribution >= 0.6 is 0 Å². The minimum absolute atomic E-state index is 0.0378. The van der Waals surface area contributed by atoms with Crippen molar-refractivity contribution < 1.29 is 18.3 Å². The molecule has 3 N–H and O–H groups in total. The van der Waals surface area contributed by atoms with Crippen LogP contribution < -0.4 is 10.0 Å². The van der Waals surface area contributed by atoms with Crippen LogP contribution in [0.3, 0.4) is 0 Å². The highest BCUT2D eigenvalue weighted by Crippen LogP contribution is 2.31. The molecule has 7 heteroatoms. The lowest BCUT2D eigenvalue weighted by Crippen LogP contribution is -2.23. The topological polar surface area (TPSA) is 95.5 Å². The first kappa shape index (κ1) is 20.7. The Labute approximate surface area is 160 Å². The maximum Gasteiger partial charge on any atom is 0.255 e. The van der Waals surface area contributed by atoms with Gasteiger partial charge in [-0.2, -0.15) is 0 Å². The molecule has 0 heterocycles. The van der Waals surface area contributed by atoms with Gasteiger partial charge >= 0.3 is 0 Å². The second kappa shape index (κ2) is 7.94. The van der Waals surface area contributed by atoms with E-state index in [9.17, 15) is 18.3 Å². The van der Waals surface area contributed by atoms with Gasteiger partial charge in [-0.1, -0.05) is 32.9 Å². The van der Waals surface area contributed by atoms with Crippen LogP contribution in [0.2, 0.25) is 0 Å². The quantitative estimate of drug-likeness (QED) is 0.522. The van der Waals surface area contributed by atoms with Gasteiger partial charge in [0.2, 0.25) is 10.0 Å². The Morgan fingerprint density at radius 1 is 1.15 bits per heavy atom. The summed E-state index contributed by atoms with van der Waals surface area (Å²) >= 11 is 0. The fourth-order valence-corrected chi connectivity index (χ4v) is 3.33. The van der Waals surface area contributed by atoms with Crippen LogP contribution in [-0.4, -0.2) is 26.0 Å². The number of hydrogen-bond donors (Lipinski definition) is 3. The number of aromatic hydroxyl groups is 1. The molecule has 0 saturated heterocycles. The molecule has 2 rings (SSSR count). The highest BCUT2D eigenvalue weighted by Gasteiger charge is 2.18. The zero-order valence-electron chi connectivity index (χ0n) is 15.6. The maximum absolute atomic E-state index is 12.5. The fourth-order valence-electron chi connectivity index (χ4n) is 2.33. The van der Waals surface area contributed by atoms with E-state index >= 15 is 0 Å². The third-order valence-electron chi connectivity index (χ3n) is 3.96. The van der Waals surface area contributed by atoms with Crippen LogP contribution in [-0.2, 0) is 15.4 Å². The Balaban J connectivity index is 2.21. The molecule has 2 aromatic rings. The summed E-state index contributed by atoms with van der Waals surface area (Å²) in [6.07, 6.45) is 1.44. The lowest BCUT2D eigenvalue weighted by molar-refractivity contribution is 0.102. The summed E-state index contributed by atoms with van der Waals surface area (Å²) in [6, 6.07) is 10.6. The van der Waals surface area contributed by atoms with Crippen molar-refractivity contribution >= 4 is 21.6 Å². The van der Waals surface area contributed by atoms with Gasteiger partial charge in [0, 0.05) is 12.1 Å². The van der Waals surface area contributed by atoms with Crippen molar-refractivity contribution in [2.75, 3.05) is 11.9 Å². The van der Waals surface area contributed by atoms with Crippen LogP contribution in [0.1, 0.15) is 36.7 Å². The van der Waals surface area contributed by atoms with E-state index in [0.717, 1.165) is 5.56 Å². The fraction of sp³-hybridized carbons (Fsp3) is 0.250. The number of hydrogen-bond acceptors (Lipinski definition) is 4. The summed E-state index contributed by atoms with van der Waals surface area (Å²) in [6.45, 7) is 9.68. The molecule has 0 spiro atoms. The van der Waals surface area contributed by atoms with E-state index in [1.165, 1.54) is 36.4 Å². The van der Waals surface area contributed by atoms with Crippen LogP contribution in [0.4, 0.5) is 5.69 Å². The number of rotatable bonds is 6. The van der Waals surface area contributed by atoms with E-state index in [4.69, 9.17) is 0 Å². The molecule has 0 atom stereocenters. The molecule has 0 aliphatic rings. The van der Waals surface area contributed by atoms with Crippen molar-refractivity contribution in [1.29, 1.82) is 0 Å². The second-order valence-corrected chi connectivity index (χ2v) is 8.87. The molecule has 0 aromatic heterocycles. The van der Waals surface area contributed by atoms with Crippen LogP contribution in [0.15, 0.2) is 60.0 Å². The molecular formula is C20H24N2O4S. The molecule has 144 valence electrons. The lowest BCUT2D eigenvalue weighted by Gasteiger charge is -2.20. The molecule has 0 aliphatic carbocycles.